The Labute approximate surface area is 173 Å². The van der Waals surface area contributed by atoms with E-state index >= 15 is 0 Å². The Morgan fingerprint density at radius 3 is 2.31 bits per heavy atom. The predicted octanol–water partition coefficient (Wildman–Crippen LogP) is 2.42. The minimum absolute atomic E-state index is 0.126. The van der Waals surface area contributed by atoms with E-state index in [0.717, 1.165) is 5.75 Å². The summed E-state index contributed by atoms with van der Waals surface area (Å²) in [5.74, 6) is 0.780. The lowest BCUT2D eigenvalue weighted by Gasteiger charge is -2.13. The molecule has 3 N–H and O–H groups in total. The highest BCUT2D eigenvalue weighted by Crippen LogP contribution is 2.36. The lowest BCUT2D eigenvalue weighted by atomic mass is 10.2. The van der Waals surface area contributed by atoms with Gasteiger partial charge >= 0.3 is 0 Å². The first kappa shape index (κ1) is 22.2. The van der Waals surface area contributed by atoms with Gasteiger partial charge in [0.25, 0.3) is 11.8 Å². The van der Waals surface area contributed by atoms with E-state index in [1.807, 2.05) is 19.1 Å². The number of primary amides is 1. The summed E-state index contributed by atoms with van der Waals surface area (Å²) in [6.07, 6.45) is 0. The maximum atomic E-state index is 12.4. The Balaban J connectivity index is 1.89. The summed E-state index contributed by atoms with van der Waals surface area (Å²) < 4.78 is 21.4. The van der Waals surface area contributed by atoms with Gasteiger partial charge in [0.2, 0.25) is 0 Å². The van der Waals surface area contributed by atoms with Gasteiger partial charge in [-0.1, -0.05) is 11.6 Å². The summed E-state index contributed by atoms with van der Waals surface area (Å²) in [7, 11) is 1.40. The van der Waals surface area contributed by atoms with Gasteiger partial charge in [-0.15, -0.1) is 0 Å². The maximum absolute atomic E-state index is 12.4. The zero-order valence-corrected chi connectivity index (χ0v) is 17.0. The first-order valence-electron chi connectivity index (χ1n) is 8.87. The first-order valence-corrected chi connectivity index (χ1v) is 9.24. The summed E-state index contributed by atoms with van der Waals surface area (Å²) in [4.78, 5) is 23.2. The second-order valence-corrected chi connectivity index (χ2v) is 6.16. The Morgan fingerprint density at radius 2 is 1.72 bits per heavy atom. The average molecular weight is 423 g/mol. The van der Waals surface area contributed by atoms with Crippen molar-refractivity contribution in [3.05, 3.63) is 47.0 Å². The molecule has 2 amide bonds. The lowest BCUT2D eigenvalue weighted by molar-refractivity contribution is -0.119. The average Bonchev–Trinajstić information content (AvgIpc) is 2.70. The number of benzene rings is 2. The zero-order chi connectivity index (χ0) is 21.2. The third kappa shape index (κ3) is 6.76. The lowest BCUT2D eigenvalue weighted by Crippen LogP contribution is -2.28. The molecule has 0 aliphatic carbocycles. The number of hydrogen-bond donors (Lipinski definition) is 2. The molecule has 0 unspecified atom stereocenters. The van der Waals surface area contributed by atoms with Crippen LogP contribution in [-0.2, 0) is 4.79 Å². The minimum Gasteiger partial charge on any atom is -0.494 e. The van der Waals surface area contributed by atoms with Crippen LogP contribution in [0, 0.1) is 0 Å². The van der Waals surface area contributed by atoms with Crippen LogP contribution in [0.2, 0.25) is 5.02 Å². The number of hydrogen-bond acceptors (Lipinski definition) is 6. The van der Waals surface area contributed by atoms with Crippen LogP contribution in [0.4, 0.5) is 0 Å². The number of carbonyl (C=O) groups is 2. The maximum Gasteiger partial charge on any atom is 0.255 e. The van der Waals surface area contributed by atoms with Crippen LogP contribution < -0.4 is 30.0 Å². The highest BCUT2D eigenvalue weighted by atomic mass is 35.5. The third-order valence-corrected chi connectivity index (χ3v) is 3.92. The number of nitrogens with two attached hydrogens (primary N) is 1. The molecular formula is C20H23ClN2O6. The predicted molar refractivity (Wildman–Crippen MR) is 108 cm³/mol. The fourth-order valence-corrected chi connectivity index (χ4v) is 2.63. The fraction of sp³-hybridized carbons (Fsp3) is 0.300. The molecule has 0 aliphatic heterocycles. The normalized spacial score (nSPS) is 10.2. The van der Waals surface area contributed by atoms with Gasteiger partial charge in [0.05, 0.1) is 25.3 Å². The van der Waals surface area contributed by atoms with Crippen molar-refractivity contribution in [1.82, 2.24) is 5.32 Å². The molecule has 0 heterocycles. The molecule has 0 aliphatic rings. The van der Waals surface area contributed by atoms with E-state index in [9.17, 15) is 9.59 Å². The number of carbonyl (C=O) groups excluding carboxylic acids is 2. The Bertz CT molecular complexity index is 842. The summed E-state index contributed by atoms with van der Waals surface area (Å²) in [6.45, 7) is 2.72. The van der Waals surface area contributed by atoms with Crippen LogP contribution in [0.5, 0.6) is 23.0 Å². The van der Waals surface area contributed by atoms with Gasteiger partial charge in [0.15, 0.2) is 18.1 Å². The van der Waals surface area contributed by atoms with E-state index in [-0.39, 0.29) is 47.8 Å². The molecule has 8 nitrogen and oxygen atoms in total. The highest BCUT2D eigenvalue weighted by Gasteiger charge is 2.16. The molecule has 0 saturated carbocycles. The van der Waals surface area contributed by atoms with Crippen molar-refractivity contribution in [3.8, 4) is 23.0 Å². The number of amides is 2. The van der Waals surface area contributed by atoms with E-state index in [4.69, 9.17) is 36.3 Å². The number of halogens is 1. The number of rotatable bonds is 11. The molecule has 2 aromatic rings. The van der Waals surface area contributed by atoms with Gasteiger partial charge in [0, 0.05) is 5.56 Å². The first-order chi connectivity index (χ1) is 13.9. The van der Waals surface area contributed by atoms with Crippen molar-refractivity contribution in [2.24, 2.45) is 5.73 Å². The van der Waals surface area contributed by atoms with Crippen LogP contribution in [-0.4, -0.2) is 45.3 Å². The molecule has 9 heteroatoms. The van der Waals surface area contributed by atoms with Crippen LogP contribution in [0.1, 0.15) is 17.3 Å². The molecule has 156 valence electrons. The molecule has 0 fully saturated rings. The quantitative estimate of drug-likeness (QED) is 0.538. The minimum atomic E-state index is -0.655. The van der Waals surface area contributed by atoms with E-state index in [0.29, 0.717) is 12.4 Å². The van der Waals surface area contributed by atoms with Crippen molar-refractivity contribution in [2.75, 3.05) is 33.5 Å². The molecule has 0 saturated heterocycles. The van der Waals surface area contributed by atoms with Gasteiger partial charge in [-0.2, -0.15) is 0 Å². The Morgan fingerprint density at radius 1 is 1.07 bits per heavy atom. The van der Waals surface area contributed by atoms with Crippen LogP contribution in [0.15, 0.2) is 36.4 Å². The summed E-state index contributed by atoms with van der Waals surface area (Å²) in [5.41, 5.74) is 5.34. The van der Waals surface area contributed by atoms with Gasteiger partial charge in [0.1, 0.15) is 18.1 Å². The van der Waals surface area contributed by atoms with Gasteiger partial charge in [-0.05, 0) is 43.3 Å². The second-order valence-electron chi connectivity index (χ2n) is 5.75. The fourth-order valence-electron chi connectivity index (χ4n) is 2.37. The van der Waals surface area contributed by atoms with Crippen molar-refractivity contribution in [3.63, 3.8) is 0 Å². The van der Waals surface area contributed by atoms with Crippen molar-refractivity contribution in [1.29, 1.82) is 0 Å². The van der Waals surface area contributed by atoms with Crippen LogP contribution >= 0.6 is 11.6 Å². The van der Waals surface area contributed by atoms with E-state index in [2.05, 4.69) is 5.32 Å². The number of nitrogens with one attached hydrogen (secondary N) is 1. The monoisotopic (exact) mass is 422 g/mol. The van der Waals surface area contributed by atoms with Crippen molar-refractivity contribution in [2.45, 2.75) is 6.92 Å². The highest BCUT2D eigenvalue weighted by molar-refractivity contribution is 6.32. The van der Waals surface area contributed by atoms with Gasteiger partial charge in [-0.3, -0.25) is 9.59 Å². The van der Waals surface area contributed by atoms with Crippen LogP contribution in [0.25, 0.3) is 0 Å². The molecule has 0 spiro atoms. The van der Waals surface area contributed by atoms with Crippen molar-refractivity contribution < 1.29 is 28.5 Å². The second kappa shape index (κ2) is 11.0. The number of methoxy groups -OCH3 is 1. The smallest absolute Gasteiger partial charge is 0.255 e. The van der Waals surface area contributed by atoms with E-state index in [1.165, 1.54) is 19.2 Å². The third-order valence-electron chi connectivity index (χ3n) is 3.64. The van der Waals surface area contributed by atoms with E-state index in [1.54, 1.807) is 12.1 Å². The molecule has 0 atom stereocenters. The summed E-state index contributed by atoms with van der Waals surface area (Å²) in [5, 5.41) is 2.86. The molecule has 0 radical (unpaired) electrons. The van der Waals surface area contributed by atoms with Crippen LogP contribution in [0.3, 0.4) is 0 Å². The molecule has 29 heavy (non-hydrogen) atoms. The molecule has 0 aromatic heterocycles. The molecule has 2 rings (SSSR count). The molecular weight excluding hydrogens is 400 g/mol. The van der Waals surface area contributed by atoms with Crippen molar-refractivity contribution >= 4 is 23.4 Å². The topological polar surface area (TPSA) is 109 Å². The Kier molecular flexibility index (Phi) is 8.42. The summed E-state index contributed by atoms with van der Waals surface area (Å²) >= 11 is 6.15. The number of ether oxygens (including phenoxy) is 4. The Hall–Kier alpha value is -3.13. The molecule has 2 aromatic carbocycles. The largest absolute Gasteiger partial charge is 0.494 e. The molecule has 0 bridgehead atoms. The van der Waals surface area contributed by atoms with E-state index < -0.39 is 5.91 Å². The summed E-state index contributed by atoms with van der Waals surface area (Å²) in [6, 6.07) is 10.1. The van der Waals surface area contributed by atoms with Gasteiger partial charge < -0.3 is 30.0 Å². The van der Waals surface area contributed by atoms with Gasteiger partial charge in [-0.25, -0.2) is 0 Å². The standard InChI is InChI=1S/C20H23ClN2O6/c1-3-27-14-4-6-15(7-5-14)28-9-8-23-20(25)13-10-16(21)19(17(11-13)26-2)29-12-18(22)24/h4-7,10-11H,3,8-9,12H2,1-2H3,(H2,22,24)(H,23,25). The zero-order valence-electron chi connectivity index (χ0n) is 16.2. The SMILES string of the molecule is CCOc1ccc(OCCNC(=O)c2cc(Cl)c(OCC(N)=O)c(OC)c2)cc1.